The molecule has 2 aromatic heterocycles. The lowest BCUT2D eigenvalue weighted by Gasteiger charge is -2.13. The Bertz CT molecular complexity index is 1150. The molecule has 0 radical (unpaired) electrons. The molecule has 3 rings (SSSR count). The van der Waals surface area contributed by atoms with E-state index >= 15 is 0 Å². The molecule has 2 N–H and O–H groups in total. The van der Waals surface area contributed by atoms with Gasteiger partial charge in [0.1, 0.15) is 11.3 Å². The summed E-state index contributed by atoms with van der Waals surface area (Å²) in [6.45, 7) is 2.30. The first-order valence-corrected chi connectivity index (χ1v) is 10.2. The normalized spacial score (nSPS) is 11.8. The number of carbonyl (C=O) groups is 1. The van der Waals surface area contributed by atoms with Crippen LogP contribution in [0.15, 0.2) is 46.9 Å². The first kappa shape index (κ1) is 20.5. The standard InChI is InChI=1S/C19H21N5O4S/c1-13-15-6-4-5-7-16(15)28-17(13)12-24(3)19(25)11-9-14-8-10-18(22-21-14)23-29(26,27)20-2/h4-11,20H,12H2,1-3H3,(H,22,23)/b11-9+. The van der Waals surface area contributed by atoms with Crippen LogP contribution >= 0.6 is 0 Å². The third-order valence-electron chi connectivity index (χ3n) is 4.29. The highest BCUT2D eigenvalue weighted by atomic mass is 32.2. The van der Waals surface area contributed by atoms with Crippen molar-refractivity contribution >= 4 is 39.0 Å². The predicted octanol–water partition coefficient (Wildman–Crippen LogP) is 2.08. The van der Waals surface area contributed by atoms with Crippen LogP contribution in [0.3, 0.4) is 0 Å². The van der Waals surface area contributed by atoms with E-state index in [1.165, 1.54) is 30.2 Å². The lowest BCUT2D eigenvalue weighted by molar-refractivity contribution is -0.125. The molecular weight excluding hydrogens is 394 g/mol. The van der Waals surface area contributed by atoms with Gasteiger partial charge in [-0.15, -0.1) is 10.2 Å². The van der Waals surface area contributed by atoms with Crippen molar-refractivity contribution in [2.24, 2.45) is 0 Å². The highest BCUT2D eigenvalue weighted by molar-refractivity contribution is 7.90. The fraction of sp³-hybridized carbons (Fsp3) is 0.211. The van der Waals surface area contributed by atoms with Gasteiger partial charge in [0.05, 0.1) is 12.2 Å². The van der Waals surface area contributed by atoms with E-state index in [2.05, 4.69) is 19.6 Å². The Morgan fingerprint density at radius 1 is 1.21 bits per heavy atom. The maximum absolute atomic E-state index is 12.4. The number of nitrogens with zero attached hydrogens (tertiary/aromatic N) is 3. The summed E-state index contributed by atoms with van der Waals surface area (Å²) in [5.74, 6) is 0.573. The SMILES string of the molecule is CNS(=O)(=O)Nc1ccc(/C=C/C(=O)N(C)Cc2oc3ccccc3c2C)nn1. The Morgan fingerprint density at radius 2 is 1.97 bits per heavy atom. The highest BCUT2D eigenvalue weighted by Gasteiger charge is 2.14. The summed E-state index contributed by atoms with van der Waals surface area (Å²) in [7, 11) is -0.695. The topological polar surface area (TPSA) is 117 Å². The second kappa shape index (κ2) is 8.41. The highest BCUT2D eigenvalue weighted by Crippen LogP contribution is 2.25. The molecule has 1 aromatic carbocycles. The molecule has 0 fully saturated rings. The summed E-state index contributed by atoms with van der Waals surface area (Å²) < 4.78 is 33.0. The number of rotatable bonds is 7. The zero-order valence-electron chi connectivity index (χ0n) is 16.2. The lowest BCUT2D eigenvalue weighted by atomic mass is 10.1. The van der Waals surface area contributed by atoms with Crippen LogP contribution in [-0.4, -0.2) is 43.5 Å². The number of furan rings is 1. The first-order valence-electron chi connectivity index (χ1n) is 8.74. The molecule has 0 atom stereocenters. The number of hydrogen-bond acceptors (Lipinski definition) is 6. The van der Waals surface area contributed by atoms with E-state index in [1.807, 2.05) is 31.2 Å². The van der Waals surface area contributed by atoms with E-state index in [0.29, 0.717) is 12.2 Å². The van der Waals surface area contributed by atoms with Gasteiger partial charge < -0.3 is 9.32 Å². The van der Waals surface area contributed by atoms with Gasteiger partial charge in [-0.2, -0.15) is 8.42 Å². The van der Waals surface area contributed by atoms with Crippen LogP contribution in [0.25, 0.3) is 17.0 Å². The molecule has 10 heteroatoms. The molecule has 0 aliphatic carbocycles. The van der Waals surface area contributed by atoms with Gasteiger partial charge in [0, 0.05) is 31.1 Å². The summed E-state index contributed by atoms with van der Waals surface area (Å²) >= 11 is 0. The van der Waals surface area contributed by atoms with Crippen molar-refractivity contribution in [2.45, 2.75) is 13.5 Å². The quantitative estimate of drug-likeness (QED) is 0.571. The van der Waals surface area contributed by atoms with E-state index in [-0.39, 0.29) is 11.7 Å². The van der Waals surface area contributed by atoms with Crippen molar-refractivity contribution in [1.29, 1.82) is 0 Å². The van der Waals surface area contributed by atoms with Crippen molar-refractivity contribution in [3.05, 3.63) is 59.5 Å². The molecule has 0 saturated carbocycles. The number of para-hydroxylation sites is 1. The number of nitrogens with one attached hydrogen (secondary N) is 2. The van der Waals surface area contributed by atoms with Crippen LogP contribution in [0.5, 0.6) is 0 Å². The van der Waals surface area contributed by atoms with Gasteiger partial charge in [-0.25, -0.2) is 4.72 Å². The van der Waals surface area contributed by atoms with Crippen LogP contribution in [0.2, 0.25) is 0 Å². The molecular formula is C19H21N5O4S. The molecule has 29 heavy (non-hydrogen) atoms. The largest absolute Gasteiger partial charge is 0.459 e. The molecule has 9 nitrogen and oxygen atoms in total. The Morgan fingerprint density at radius 3 is 2.62 bits per heavy atom. The second-order valence-electron chi connectivity index (χ2n) is 6.33. The smallest absolute Gasteiger partial charge is 0.300 e. The number of carbonyl (C=O) groups excluding carboxylic acids is 1. The predicted molar refractivity (Wildman–Crippen MR) is 110 cm³/mol. The Kier molecular flexibility index (Phi) is 5.95. The third-order valence-corrected chi connectivity index (χ3v) is 5.30. The monoisotopic (exact) mass is 415 g/mol. The first-order chi connectivity index (χ1) is 13.8. The number of hydrogen-bond donors (Lipinski definition) is 2. The van der Waals surface area contributed by atoms with Crippen molar-refractivity contribution in [1.82, 2.24) is 19.8 Å². The van der Waals surface area contributed by atoms with Gasteiger partial charge in [0.15, 0.2) is 5.82 Å². The maximum Gasteiger partial charge on any atom is 0.300 e. The summed E-state index contributed by atoms with van der Waals surface area (Å²) in [5, 5.41) is 8.67. The minimum absolute atomic E-state index is 0.0697. The van der Waals surface area contributed by atoms with E-state index in [4.69, 9.17) is 4.42 Å². The molecule has 0 bridgehead atoms. The number of aromatic nitrogens is 2. The average molecular weight is 415 g/mol. The molecule has 2 heterocycles. The fourth-order valence-electron chi connectivity index (χ4n) is 2.63. The van der Waals surface area contributed by atoms with Gasteiger partial charge in [0.2, 0.25) is 5.91 Å². The van der Waals surface area contributed by atoms with Crippen molar-refractivity contribution in [3.63, 3.8) is 0 Å². The second-order valence-corrected chi connectivity index (χ2v) is 7.95. The van der Waals surface area contributed by atoms with E-state index in [9.17, 15) is 13.2 Å². The van der Waals surface area contributed by atoms with Crippen molar-refractivity contribution in [3.8, 4) is 0 Å². The van der Waals surface area contributed by atoms with Gasteiger partial charge >= 0.3 is 0 Å². The molecule has 152 valence electrons. The van der Waals surface area contributed by atoms with Crippen molar-refractivity contribution in [2.75, 3.05) is 18.8 Å². The number of benzene rings is 1. The van der Waals surface area contributed by atoms with Crippen molar-refractivity contribution < 1.29 is 17.6 Å². The maximum atomic E-state index is 12.4. The van der Waals surface area contributed by atoms with Gasteiger partial charge in [-0.05, 0) is 31.2 Å². The number of amides is 1. The third kappa shape index (κ3) is 4.98. The zero-order chi connectivity index (χ0) is 21.0. The van der Waals surface area contributed by atoms with Crippen LogP contribution in [0.4, 0.5) is 5.82 Å². The number of likely N-dealkylation sites (N-methyl/N-ethyl adjacent to an activating group) is 1. The summed E-state index contributed by atoms with van der Waals surface area (Å²) in [4.78, 5) is 13.9. The van der Waals surface area contributed by atoms with Crippen LogP contribution in [-0.2, 0) is 21.5 Å². The van der Waals surface area contributed by atoms with Gasteiger partial charge in [-0.3, -0.25) is 9.52 Å². The zero-order valence-corrected chi connectivity index (χ0v) is 17.0. The molecule has 0 aliphatic heterocycles. The van der Waals surface area contributed by atoms with Crippen LogP contribution < -0.4 is 9.44 Å². The van der Waals surface area contributed by atoms with E-state index < -0.39 is 10.2 Å². The Hall–Kier alpha value is -3.24. The average Bonchev–Trinajstić information content (AvgIpc) is 3.02. The molecule has 3 aromatic rings. The van der Waals surface area contributed by atoms with Gasteiger partial charge in [0.25, 0.3) is 10.2 Å². The van der Waals surface area contributed by atoms with E-state index in [0.717, 1.165) is 22.3 Å². The summed E-state index contributed by atoms with van der Waals surface area (Å²) in [6.07, 6.45) is 2.88. The Balaban J connectivity index is 1.64. The fourth-order valence-corrected chi connectivity index (χ4v) is 3.11. The minimum Gasteiger partial charge on any atom is -0.459 e. The van der Waals surface area contributed by atoms with Crippen LogP contribution in [0, 0.1) is 6.92 Å². The Labute approximate surface area is 168 Å². The summed E-state index contributed by atoms with van der Waals surface area (Å²) in [6, 6.07) is 10.7. The molecule has 0 unspecified atom stereocenters. The molecule has 0 spiro atoms. The van der Waals surface area contributed by atoms with Crippen LogP contribution in [0.1, 0.15) is 17.0 Å². The number of aryl methyl sites for hydroxylation is 1. The number of fused-ring (bicyclic) bond motifs is 1. The molecule has 0 aliphatic rings. The minimum atomic E-state index is -3.66. The lowest BCUT2D eigenvalue weighted by Crippen LogP contribution is -2.26. The van der Waals surface area contributed by atoms with E-state index in [1.54, 1.807) is 13.1 Å². The summed E-state index contributed by atoms with van der Waals surface area (Å²) in [5.41, 5.74) is 2.22. The van der Waals surface area contributed by atoms with Gasteiger partial charge in [-0.1, -0.05) is 18.2 Å². The molecule has 1 amide bonds. The number of anilines is 1. The molecule has 0 saturated heterocycles.